The van der Waals surface area contributed by atoms with Crippen LogP contribution >= 0.6 is 0 Å². The minimum absolute atomic E-state index is 0.0138. The Labute approximate surface area is 140 Å². The van der Waals surface area contributed by atoms with Crippen LogP contribution in [0.1, 0.15) is 41.6 Å². The van der Waals surface area contributed by atoms with Gasteiger partial charge in [-0.05, 0) is 54.7 Å². The van der Waals surface area contributed by atoms with Gasteiger partial charge in [0.1, 0.15) is 0 Å². The number of carbonyl (C=O) groups excluding carboxylic acids is 1. The van der Waals surface area contributed by atoms with E-state index in [1.807, 2.05) is 18.2 Å². The van der Waals surface area contributed by atoms with Crippen molar-refractivity contribution in [2.75, 3.05) is 0 Å². The molecule has 24 heavy (non-hydrogen) atoms. The number of aromatic nitrogens is 1. The lowest BCUT2D eigenvalue weighted by Crippen LogP contribution is -2.11. The molecule has 1 aliphatic rings. The summed E-state index contributed by atoms with van der Waals surface area (Å²) in [5, 5.41) is 11.3. The maximum Gasteiger partial charge on any atom is 0.249 e. The van der Waals surface area contributed by atoms with Crippen LogP contribution in [0.5, 0.6) is 0 Å². The van der Waals surface area contributed by atoms with Gasteiger partial charge < -0.3 is 15.4 Å². The van der Waals surface area contributed by atoms with E-state index in [0.29, 0.717) is 11.5 Å². The highest BCUT2D eigenvalue weighted by Gasteiger charge is 2.21. The standard InChI is InChI=1S/C20H21N2O2/c21-20(24)16-6-3-7-17-19(16)15-9-8-14(12-23)10-18(15)22(17)11-13-4-1-2-5-13/h3,6-8,10,13,23H,1-2,4-5,11-12H2,(H2,21,24). The number of hydrogen-bond donors (Lipinski definition) is 2. The predicted octanol–water partition coefficient (Wildman–Crippen LogP) is 3.38. The smallest absolute Gasteiger partial charge is 0.249 e. The van der Waals surface area contributed by atoms with Crippen molar-refractivity contribution in [3.8, 4) is 0 Å². The SMILES string of the molecule is NC(=O)c1cccc2c1c1[c]cc(CO)cc1n2CC1CCCC1. The van der Waals surface area contributed by atoms with Gasteiger partial charge in [-0.2, -0.15) is 0 Å². The molecule has 123 valence electrons. The summed E-state index contributed by atoms with van der Waals surface area (Å²) in [4.78, 5) is 11.9. The van der Waals surface area contributed by atoms with E-state index in [9.17, 15) is 9.90 Å². The first kappa shape index (κ1) is 15.2. The molecule has 0 unspecified atom stereocenters. The van der Waals surface area contributed by atoms with Crippen molar-refractivity contribution in [1.82, 2.24) is 4.57 Å². The molecular weight excluding hydrogens is 300 g/mol. The third-order valence-electron chi connectivity index (χ3n) is 5.22. The molecular formula is C20H21N2O2. The molecule has 4 nitrogen and oxygen atoms in total. The number of aliphatic hydroxyl groups is 1. The Morgan fingerprint density at radius 3 is 2.79 bits per heavy atom. The van der Waals surface area contributed by atoms with Gasteiger partial charge in [-0.3, -0.25) is 4.79 Å². The van der Waals surface area contributed by atoms with Crippen molar-refractivity contribution < 1.29 is 9.90 Å². The molecule has 0 aliphatic heterocycles. The Morgan fingerprint density at radius 2 is 2.08 bits per heavy atom. The highest BCUT2D eigenvalue weighted by molar-refractivity contribution is 6.17. The zero-order valence-corrected chi connectivity index (χ0v) is 13.6. The van der Waals surface area contributed by atoms with E-state index in [1.165, 1.54) is 25.7 Å². The highest BCUT2D eigenvalue weighted by atomic mass is 16.3. The van der Waals surface area contributed by atoms with Crippen molar-refractivity contribution in [3.05, 3.63) is 47.5 Å². The summed E-state index contributed by atoms with van der Waals surface area (Å²) < 4.78 is 2.28. The van der Waals surface area contributed by atoms with Gasteiger partial charge in [-0.15, -0.1) is 0 Å². The van der Waals surface area contributed by atoms with Gasteiger partial charge in [-0.25, -0.2) is 0 Å². The van der Waals surface area contributed by atoms with Gasteiger partial charge in [0.05, 0.1) is 12.1 Å². The molecule has 0 saturated heterocycles. The topological polar surface area (TPSA) is 68.2 Å². The molecule has 0 atom stereocenters. The van der Waals surface area contributed by atoms with Crippen LogP contribution < -0.4 is 5.73 Å². The van der Waals surface area contributed by atoms with Gasteiger partial charge in [0.2, 0.25) is 5.91 Å². The van der Waals surface area contributed by atoms with Gasteiger partial charge in [0.15, 0.2) is 0 Å². The van der Waals surface area contributed by atoms with Gasteiger partial charge >= 0.3 is 0 Å². The zero-order valence-electron chi connectivity index (χ0n) is 13.6. The molecule has 4 heteroatoms. The lowest BCUT2D eigenvalue weighted by atomic mass is 10.0. The van der Waals surface area contributed by atoms with Crippen LogP contribution in [0, 0.1) is 12.0 Å². The van der Waals surface area contributed by atoms with E-state index in [2.05, 4.69) is 10.6 Å². The molecule has 1 amide bonds. The maximum absolute atomic E-state index is 11.9. The molecule has 4 rings (SSSR count). The maximum atomic E-state index is 11.9. The van der Waals surface area contributed by atoms with Gasteiger partial charge in [0, 0.05) is 28.4 Å². The summed E-state index contributed by atoms with van der Waals surface area (Å²) in [5.41, 5.74) is 9.02. The second-order valence-corrected chi connectivity index (χ2v) is 6.75. The molecule has 3 aromatic rings. The highest BCUT2D eigenvalue weighted by Crippen LogP contribution is 2.35. The number of nitrogens with two attached hydrogens (primary N) is 1. The fourth-order valence-corrected chi connectivity index (χ4v) is 4.04. The average Bonchev–Trinajstić information content (AvgIpc) is 3.21. The summed E-state index contributed by atoms with van der Waals surface area (Å²) >= 11 is 0. The van der Waals surface area contributed by atoms with Crippen LogP contribution in [0.25, 0.3) is 21.8 Å². The fraction of sp³-hybridized carbons (Fsp3) is 0.350. The van der Waals surface area contributed by atoms with E-state index >= 15 is 0 Å². The molecule has 1 aromatic heterocycles. The lowest BCUT2D eigenvalue weighted by Gasteiger charge is -2.13. The Morgan fingerprint density at radius 1 is 1.29 bits per heavy atom. The van der Waals surface area contributed by atoms with Gasteiger partial charge in [0.25, 0.3) is 0 Å². The Hall–Kier alpha value is -2.33. The quantitative estimate of drug-likeness (QED) is 0.773. The van der Waals surface area contributed by atoms with Crippen LogP contribution in [-0.2, 0) is 13.2 Å². The van der Waals surface area contributed by atoms with Crippen LogP contribution in [0.4, 0.5) is 0 Å². The van der Waals surface area contributed by atoms with E-state index in [-0.39, 0.29) is 6.61 Å². The predicted molar refractivity (Wildman–Crippen MR) is 94.7 cm³/mol. The second kappa shape index (κ2) is 5.95. The normalized spacial score (nSPS) is 15.5. The Balaban J connectivity index is 2.01. The number of carbonyl (C=O) groups is 1. The van der Waals surface area contributed by atoms with Crippen molar-refractivity contribution in [2.24, 2.45) is 11.7 Å². The van der Waals surface area contributed by atoms with Crippen molar-refractivity contribution in [3.63, 3.8) is 0 Å². The number of hydrogen-bond acceptors (Lipinski definition) is 2. The number of benzene rings is 2. The molecule has 1 fully saturated rings. The lowest BCUT2D eigenvalue weighted by molar-refractivity contribution is 0.100. The summed E-state index contributed by atoms with van der Waals surface area (Å²) in [6.07, 6.45) is 5.09. The third kappa shape index (κ3) is 2.38. The van der Waals surface area contributed by atoms with E-state index in [0.717, 1.165) is 33.9 Å². The number of amides is 1. The van der Waals surface area contributed by atoms with E-state index in [1.54, 1.807) is 12.1 Å². The first-order valence-corrected chi connectivity index (χ1v) is 8.55. The van der Waals surface area contributed by atoms with Crippen LogP contribution in [-0.4, -0.2) is 15.6 Å². The Bertz CT molecular complexity index is 920. The molecule has 3 N–H and O–H groups in total. The fourth-order valence-electron chi connectivity index (χ4n) is 4.04. The number of nitrogens with zero attached hydrogens (tertiary/aromatic N) is 1. The monoisotopic (exact) mass is 321 g/mol. The zero-order chi connectivity index (χ0) is 16.7. The first-order valence-electron chi connectivity index (χ1n) is 8.55. The molecule has 1 heterocycles. The molecule has 0 bridgehead atoms. The number of primary amides is 1. The second-order valence-electron chi connectivity index (χ2n) is 6.75. The summed E-state index contributed by atoms with van der Waals surface area (Å²) in [5.74, 6) is 0.249. The number of aliphatic hydroxyl groups excluding tert-OH is 1. The van der Waals surface area contributed by atoms with Crippen molar-refractivity contribution in [2.45, 2.75) is 38.8 Å². The summed E-state index contributed by atoms with van der Waals surface area (Å²) in [6.45, 7) is 0.922. The first-order chi connectivity index (χ1) is 11.7. The van der Waals surface area contributed by atoms with Crippen molar-refractivity contribution >= 4 is 27.7 Å². The largest absolute Gasteiger partial charge is 0.392 e. The minimum atomic E-state index is -0.417. The molecule has 2 aromatic carbocycles. The summed E-state index contributed by atoms with van der Waals surface area (Å²) in [7, 11) is 0. The van der Waals surface area contributed by atoms with Crippen LogP contribution in [0.15, 0.2) is 30.3 Å². The van der Waals surface area contributed by atoms with Crippen LogP contribution in [0.3, 0.4) is 0 Å². The third-order valence-corrected chi connectivity index (χ3v) is 5.22. The molecule has 1 radical (unpaired) electrons. The Kier molecular flexibility index (Phi) is 3.77. The van der Waals surface area contributed by atoms with Crippen LogP contribution in [0.2, 0.25) is 0 Å². The molecule has 1 aliphatic carbocycles. The summed E-state index contributed by atoms with van der Waals surface area (Å²) in [6, 6.07) is 12.8. The number of fused-ring (bicyclic) bond motifs is 3. The molecule has 1 saturated carbocycles. The molecule has 0 spiro atoms. The average molecular weight is 321 g/mol. The van der Waals surface area contributed by atoms with Gasteiger partial charge in [-0.1, -0.05) is 18.9 Å². The van der Waals surface area contributed by atoms with E-state index in [4.69, 9.17) is 5.73 Å². The van der Waals surface area contributed by atoms with Crippen molar-refractivity contribution in [1.29, 1.82) is 0 Å². The number of rotatable bonds is 4. The van der Waals surface area contributed by atoms with E-state index < -0.39 is 5.91 Å². The minimum Gasteiger partial charge on any atom is -0.392 e.